The fourth-order valence-electron chi connectivity index (χ4n) is 4.41. The van der Waals surface area contributed by atoms with E-state index in [1.807, 2.05) is 6.92 Å². The van der Waals surface area contributed by atoms with E-state index < -0.39 is 0 Å². The predicted molar refractivity (Wildman–Crippen MR) is 89.4 cm³/mol. The highest BCUT2D eigenvalue weighted by atomic mass is 19.1. The Morgan fingerprint density at radius 2 is 2.00 bits per heavy atom. The van der Waals surface area contributed by atoms with Gasteiger partial charge < -0.3 is 11.1 Å². The molecule has 2 saturated carbocycles. The van der Waals surface area contributed by atoms with Gasteiger partial charge in [0.05, 0.1) is 0 Å². The van der Waals surface area contributed by atoms with Crippen molar-refractivity contribution in [3.8, 4) is 0 Å². The summed E-state index contributed by atoms with van der Waals surface area (Å²) in [4.78, 5) is 12.5. The molecule has 2 bridgehead atoms. The summed E-state index contributed by atoms with van der Waals surface area (Å²) in [6, 6.07) is 5.13. The third kappa shape index (κ3) is 3.74. The minimum Gasteiger partial charge on any atom is -0.356 e. The summed E-state index contributed by atoms with van der Waals surface area (Å²) < 4.78 is 13.1. The number of fused-ring (bicyclic) bond motifs is 2. The van der Waals surface area contributed by atoms with Gasteiger partial charge in [0.15, 0.2) is 0 Å². The molecule has 0 aliphatic heterocycles. The molecule has 1 amide bonds. The summed E-state index contributed by atoms with van der Waals surface area (Å²) in [5, 5.41) is 3.07. The number of carbonyl (C=O) groups is 1. The number of carbonyl (C=O) groups excluding carboxylic acids is 1. The number of nitrogens with two attached hydrogens (primary N) is 1. The Morgan fingerprint density at radius 3 is 2.65 bits per heavy atom. The van der Waals surface area contributed by atoms with Gasteiger partial charge in [0, 0.05) is 18.5 Å². The zero-order valence-electron chi connectivity index (χ0n) is 13.9. The van der Waals surface area contributed by atoms with Crippen molar-refractivity contribution >= 4 is 5.91 Å². The van der Waals surface area contributed by atoms with Crippen LogP contribution in [0.5, 0.6) is 0 Å². The van der Waals surface area contributed by atoms with Crippen molar-refractivity contribution in [1.29, 1.82) is 0 Å². The molecule has 3 rings (SSSR count). The van der Waals surface area contributed by atoms with E-state index in [-0.39, 0.29) is 17.6 Å². The zero-order valence-corrected chi connectivity index (χ0v) is 13.9. The maximum absolute atomic E-state index is 13.1. The van der Waals surface area contributed by atoms with Crippen molar-refractivity contribution in [3.05, 3.63) is 35.1 Å². The third-order valence-corrected chi connectivity index (χ3v) is 5.78. The van der Waals surface area contributed by atoms with Crippen molar-refractivity contribution < 1.29 is 9.18 Å². The number of aryl methyl sites for hydroxylation is 1. The molecule has 1 aromatic carbocycles. The summed E-state index contributed by atoms with van der Waals surface area (Å²) >= 11 is 0. The topological polar surface area (TPSA) is 55.1 Å². The highest BCUT2D eigenvalue weighted by Crippen LogP contribution is 2.41. The molecule has 0 radical (unpaired) electrons. The van der Waals surface area contributed by atoms with Crippen LogP contribution in [-0.2, 0) is 11.2 Å². The predicted octanol–water partition coefficient (Wildman–Crippen LogP) is 2.95. The number of halogens is 1. The second kappa shape index (κ2) is 7.00. The molecule has 126 valence electrons. The zero-order chi connectivity index (χ0) is 16.4. The van der Waals surface area contributed by atoms with E-state index >= 15 is 0 Å². The fraction of sp³-hybridized carbons (Fsp3) is 0.632. The Bertz CT molecular complexity index is 560. The van der Waals surface area contributed by atoms with Gasteiger partial charge in [0.25, 0.3) is 0 Å². The SMILES string of the molecule is Cc1cc(F)ccc1CCNC(=O)C1CC2CCCC(C1)C2N. The van der Waals surface area contributed by atoms with Gasteiger partial charge in [-0.25, -0.2) is 4.39 Å². The lowest BCUT2D eigenvalue weighted by Gasteiger charge is -2.43. The Kier molecular flexibility index (Phi) is 5.00. The van der Waals surface area contributed by atoms with Gasteiger partial charge in [-0.2, -0.15) is 0 Å². The van der Waals surface area contributed by atoms with Gasteiger partial charge in [0.1, 0.15) is 5.82 Å². The van der Waals surface area contributed by atoms with Gasteiger partial charge in [-0.3, -0.25) is 4.79 Å². The molecule has 2 atom stereocenters. The Morgan fingerprint density at radius 1 is 1.30 bits per heavy atom. The summed E-state index contributed by atoms with van der Waals surface area (Å²) in [6.45, 7) is 2.52. The molecule has 0 saturated heterocycles. The van der Waals surface area contributed by atoms with Crippen LogP contribution in [0.25, 0.3) is 0 Å². The molecule has 2 unspecified atom stereocenters. The van der Waals surface area contributed by atoms with E-state index in [2.05, 4.69) is 5.32 Å². The summed E-state index contributed by atoms with van der Waals surface area (Å²) in [6.07, 6.45) is 6.25. The van der Waals surface area contributed by atoms with Crippen molar-refractivity contribution in [2.75, 3.05) is 6.54 Å². The maximum Gasteiger partial charge on any atom is 0.223 e. The van der Waals surface area contributed by atoms with Crippen molar-refractivity contribution in [2.24, 2.45) is 23.5 Å². The molecule has 0 heterocycles. The number of amides is 1. The summed E-state index contributed by atoms with van der Waals surface area (Å²) in [5.41, 5.74) is 8.32. The number of benzene rings is 1. The Balaban J connectivity index is 1.50. The standard InChI is InChI=1S/C19H27FN2O/c1-12-9-17(20)6-5-13(12)7-8-22-19(23)16-10-14-3-2-4-15(11-16)18(14)21/h5-6,9,14-16,18H,2-4,7-8,10-11,21H2,1H3,(H,22,23). The molecule has 0 aromatic heterocycles. The van der Waals surface area contributed by atoms with Crippen molar-refractivity contribution in [2.45, 2.75) is 51.5 Å². The summed E-state index contributed by atoms with van der Waals surface area (Å²) in [5.74, 6) is 1.14. The van der Waals surface area contributed by atoms with Crippen LogP contribution in [-0.4, -0.2) is 18.5 Å². The normalized spacial score (nSPS) is 30.0. The van der Waals surface area contributed by atoms with Crippen LogP contribution in [0.3, 0.4) is 0 Å². The number of rotatable bonds is 4. The Labute approximate surface area is 137 Å². The van der Waals surface area contributed by atoms with Gasteiger partial charge >= 0.3 is 0 Å². The molecule has 2 aliphatic carbocycles. The first-order chi connectivity index (χ1) is 11.0. The molecule has 2 fully saturated rings. The highest BCUT2D eigenvalue weighted by molar-refractivity contribution is 5.78. The molecule has 4 heteroatoms. The average molecular weight is 318 g/mol. The largest absolute Gasteiger partial charge is 0.356 e. The van der Waals surface area contributed by atoms with E-state index in [1.165, 1.54) is 25.3 Å². The van der Waals surface area contributed by atoms with Gasteiger partial charge in [0.2, 0.25) is 5.91 Å². The second-order valence-electron chi connectivity index (χ2n) is 7.31. The fourth-order valence-corrected chi connectivity index (χ4v) is 4.41. The van der Waals surface area contributed by atoms with E-state index in [0.717, 1.165) is 30.4 Å². The van der Waals surface area contributed by atoms with Crippen LogP contribution in [0, 0.1) is 30.5 Å². The smallest absolute Gasteiger partial charge is 0.223 e. The molecule has 0 spiro atoms. The lowest BCUT2D eigenvalue weighted by molar-refractivity contribution is -0.127. The van der Waals surface area contributed by atoms with Gasteiger partial charge in [-0.15, -0.1) is 0 Å². The minimum atomic E-state index is -0.208. The van der Waals surface area contributed by atoms with Crippen molar-refractivity contribution in [3.63, 3.8) is 0 Å². The first-order valence-electron chi connectivity index (χ1n) is 8.83. The lowest BCUT2D eigenvalue weighted by Crippen LogP contribution is -2.49. The maximum atomic E-state index is 13.1. The van der Waals surface area contributed by atoms with E-state index in [9.17, 15) is 9.18 Å². The molecule has 1 aromatic rings. The second-order valence-corrected chi connectivity index (χ2v) is 7.31. The van der Waals surface area contributed by atoms with E-state index in [4.69, 9.17) is 5.73 Å². The van der Waals surface area contributed by atoms with Crippen LogP contribution in [0.15, 0.2) is 18.2 Å². The number of hydrogen-bond acceptors (Lipinski definition) is 2. The van der Waals surface area contributed by atoms with Crippen LogP contribution in [0.4, 0.5) is 4.39 Å². The highest BCUT2D eigenvalue weighted by Gasteiger charge is 2.40. The molecule has 23 heavy (non-hydrogen) atoms. The van der Waals surface area contributed by atoms with Crippen LogP contribution in [0.1, 0.15) is 43.2 Å². The quantitative estimate of drug-likeness (QED) is 0.897. The molecule has 3 nitrogen and oxygen atoms in total. The number of nitrogens with one attached hydrogen (secondary N) is 1. The first kappa shape index (κ1) is 16.4. The Hall–Kier alpha value is -1.42. The van der Waals surface area contributed by atoms with Crippen LogP contribution >= 0.6 is 0 Å². The van der Waals surface area contributed by atoms with E-state index in [1.54, 1.807) is 12.1 Å². The molecule has 3 N–H and O–H groups in total. The molecular weight excluding hydrogens is 291 g/mol. The molecule has 2 aliphatic rings. The van der Waals surface area contributed by atoms with E-state index in [0.29, 0.717) is 24.4 Å². The molecular formula is C19H27FN2O. The van der Waals surface area contributed by atoms with Gasteiger partial charge in [-0.1, -0.05) is 12.5 Å². The lowest BCUT2D eigenvalue weighted by atomic mass is 9.65. The average Bonchev–Trinajstić information content (AvgIpc) is 2.49. The summed E-state index contributed by atoms with van der Waals surface area (Å²) in [7, 11) is 0. The van der Waals surface area contributed by atoms with Crippen LogP contribution in [0.2, 0.25) is 0 Å². The number of hydrogen-bond donors (Lipinski definition) is 2. The first-order valence-corrected chi connectivity index (χ1v) is 8.83. The monoisotopic (exact) mass is 318 g/mol. The minimum absolute atomic E-state index is 0.124. The van der Waals surface area contributed by atoms with Crippen LogP contribution < -0.4 is 11.1 Å². The van der Waals surface area contributed by atoms with Crippen molar-refractivity contribution in [1.82, 2.24) is 5.32 Å². The third-order valence-electron chi connectivity index (χ3n) is 5.78. The van der Waals surface area contributed by atoms with Gasteiger partial charge in [-0.05, 0) is 74.1 Å².